The molecule has 4 aliphatic carbocycles. The quantitative estimate of drug-likeness (QED) is 0.803. The van der Waals surface area contributed by atoms with Crippen molar-refractivity contribution in [2.75, 3.05) is 27.8 Å². The SMILES string of the molecule is COc1ccc2c3c1O[C@@H]1[C@@]4(OC)CC[C@@]5(C[C@H]4C(C)=O)[C@@H](C2)N(C)CC[C@]315. The van der Waals surface area contributed by atoms with E-state index in [2.05, 4.69) is 24.1 Å². The minimum atomic E-state index is -0.535. The number of likely N-dealkylation sites (N-methyl/N-ethyl adjacent to an activating group) is 1. The van der Waals surface area contributed by atoms with Gasteiger partial charge < -0.3 is 19.1 Å². The average molecular weight is 383 g/mol. The second-order valence-corrected chi connectivity index (χ2v) is 9.73. The number of Topliss-reactive ketones (excluding diaryl/α,β-unsaturated/α-hetero) is 1. The van der Waals surface area contributed by atoms with Crippen molar-refractivity contribution in [3.8, 4) is 11.5 Å². The molecule has 150 valence electrons. The highest BCUT2D eigenvalue weighted by Gasteiger charge is 2.80. The molecule has 5 heteroatoms. The van der Waals surface area contributed by atoms with Gasteiger partial charge in [0.05, 0.1) is 13.0 Å². The molecule has 1 aromatic rings. The van der Waals surface area contributed by atoms with E-state index in [1.165, 1.54) is 11.1 Å². The number of likely N-dealkylation sites (tertiary alicyclic amines) is 1. The Morgan fingerprint density at radius 3 is 2.79 bits per heavy atom. The molecule has 1 aromatic carbocycles. The Balaban J connectivity index is 1.69. The summed E-state index contributed by atoms with van der Waals surface area (Å²) < 4.78 is 18.8. The first kappa shape index (κ1) is 17.3. The first-order valence-electron chi connectivity index (χ1n) is 10.6. The fraction of sp³-hybridized carbons (Fsp3) is 0.696. The average Bonchev–Trinajstić information content (AvgIpc) is 3.07. The lowest BCUT2D eigenvalue weighted by molar-refractivity contribution is -0.270. The normalized spacial score (nSPS) is 44.8. The van der Waals surface area contributed by atoms with Gasteiger partial charge in [0.2, 0.25) is 0 Å². The van der Waals surface area contributed by atoms with Gasteiger partial charge in [-0.15, -0.1) is 0 Å². The predicted molar refractivity (Wildman–Crippen MR) is 104 cm³/mol. The summed E-state index contributed by atoms with van der Waals surface area (Å²) in [5.41, 5.74) is 2.25. The number of ketones is 1. The van der Waals surface area contributed by atoms with Gasteiger partial charge in [-0.05, 0) is 64.3 Å². The van der Waals surface area contributed by atoms with E-state index in [9.17, 15) is 4.79 Å². The summed E-state index contributed by atoms with van der Waals surface area (Å²) in [5, 5.41) is 0. The second kappa shape index (κ2) is 5.11. The van der Waals surface area contributed by atoms with Crippen LogP contribution in [0.2, 0.25) is 0 Å². The zero-order chi connectivity index (χ0) is 19.5. The molecular formula is C23H29NO4. The summed E-state index contributed by atoms with van der Waals surface area (Å²) in [6.07, 6.45) is 4.91. The van der Waals surface area contributed by atoms with Gasteiger partial charge in [0.15, 0.2) is 11.5 Å². The third-order valence-corrected chi connectivity index (χ3v) is 9.32. The Kier molecular flexibility index (Phi) is 3.16. The van der Waals surface area contributed by atoms with Crippen LogP contribution < -0.4 is 9.47 Å². The molecule has 7 rings (SSSR count). The number of methoxy groups -OCH3 is 2. The summed E-state index contributed by atoms with van der Waals surface area (Å²) in [7, 11) is 5.77. The molecule has 3 saturated carbocycles. The van der Waals surface area contributed by atoms with Crippen LogP contribution in [-0.2, 0) is 21.4 Å². The van der Waals surface area contributed by atoms with Crippen LogP contribution in [0.4, 0.5) is 0 Å². The molecule has 6 atom stereocenters. The lowest BCUT2D eigenvalue weighted by Gasteiger charge is -2.73. The molecule has 2 aliphatic heterocycles. The van der Waals surface area contributed by atoms with E-state index in [0.717, 1.165) is 50.1 Å². The van der Waals surface area contributed by atoms with Gasteiger partial charge in [0, 0.05) is 29.5 Å². The Hall–Kier alpha value is -1.59. The Bertz CT molecular complexity index is 899. The molecule has 2 spiro atoms. The van der Waals surface area contributed by atoms with Crippen LogP contribution in [0.5, 0.6) is 11.5 Å². The monoisotopic (exact) mass is 383 g/mol. The number of piperidine rings is 1. The van der Waals surface area contributed by atoms with Crippen LogP contribution in [0.15, 0.2) is 12.1 Å². The van der Waals surface area contributed by atoms with Crippen LogP contribution in [0.3, 0.4) is 0 Å². The Morgan fingerprint density at radius 2 is 2.07 bits per heavy atom. The largest absolute Gasteiger partial charge is 0.493 e. The number of ether oxygens (including phenoxy) is 3. The van der Waals surface area contributed by atoms with Gasteiger partial charge in [-0.2, -0.15) is 0 Å². The van der Waals surface area contributed by atoms with Crippen molar-refractivity contribution in [3.05, 3.63) is 23.3 Å². The lowest BCUT2D eigenvalue weighted by Crippen LogP contribution is -2.81. The molecule has 0 radical (unpaired) electrons. The van der Waals surface area contributed by atoms with Crippen molar-refractivity contribution >= 4 is 5.78 Å². The van der Waals surface area contributed by atoms with Gasteiger partial charge in [-0.25, -0.2) is 0 Å². The molecular weight excluding hydrogens is 354 g/mol. The summed E-state index contributed by atoms with van der Waals surface area (Å²) in [4.78, 5) is 15.4. The topological polar surface area (TPSA) is 48.0 Å². The summed E-state index contributed by atoms with van der Waals surface area (Å²) in [6, 6.07) is 4.75. The highest BCUT2D eigenvalue weighted by atomic mass is 16.6. The molecule has 2 heterocycles. The van der Waals surface area contributed by atoms with Crippen LogP contribution in [0.1, 0.15) is 43.7 Å². The molecule has 1 saturated heterocycles. The highest BCUT2D eigenvalue weighted by molar-refractivity contribution is 5.81. The summed E-state index contributed by atoms with van der Waals surface area (Å²) in [5.74, 6) is 1.89. The van der Waals surface area contributed by atoms with Crippen molar-refractivity contribution in [1.29, 1.82) is 0 Å². The highest BCUT2D eigenvalue weighted by Crippen LogP contribution is 2.76. The van der Waals surface area contributed by atoms with Crippen LogP contribution in [-0.4, -0.2) is 56.2 Å². The van der Waals surface area contributed by atoms with Gasteiger partial charge in [0.25, 0.3) is 0 Å². The fourth-order valence-corrected chi connectivity index (χ4v) is 8.30. The number of carbonyl (C=O) groups is 1. The molecule has 0 N–H and O–H groups in total. The zero-order valence-corrected chi connectivity index (χ0v) is 17.2. The van der Waals surface area contributed by atoms with Crippen molar-refractivity contribution in [2.24, 2.45) is 11.3 Å². The van der Waals surface area contributed by atoms with Gasteiger partial charge in [-0.3, -0.25) is 4.79 Å². The van der Waals surface area contributed by atoms with Gasteiger partial charge in [0.1, 0.15) is 17.5 Å². The molecule has 0 amide bonds. The van der Waals surface area contributed by atoms with E-state index in [-0.39, 0.29) is 28.6 Å². The number of hydrogen-bond donors (Lipinski definition) is 0. The molecule has 0 unspecified atom stereocenters. The number of carbonyl (C=O) groups excluding carboxylic acids is 1. The minimum absolute atomic E-state index is 0.0676. The third-order valence-electron chi connectivity index (χ3n) is 9.32. The minimum Gasteiger partial charge on any atom is -0.493 e. The lowest BCUT2D eigenvalue weighted by atomic mass is 9.34. The maximum Gasteiger partial charge on any atom is 0.165 e. The summed E-state index contributed by atoms with van der Waals surface area (Å²) >= 11 is 0. The number of nitrogens with zero attached hydrogens (tertiary/aromatic N) is 1. The molecule has 4 bridgehead atoms. The molecule has 6 aliphatic rings. The standard InChI is InChI=1S/C23H29NO4/c1-13(25)15-12-21-7-8-23(15,27-4)20-22(21)9-10-24(2)17(21)11-14-5-6-16(26-3)19(28-20)18(14)22/h5-6,15,17,20H,7-12H2,1-4H3/t15-,17+,20-,21+,22-,23+/m0/s1. The van der Waals surface area contributed by atoms with E-state index in [1.54, 1.807) is 21.1 Å². The second-order valence-electron chi connectivity index (χ2n) is 9.73. The van der Waals surface area contributed by atoms with Crippen molar-refractivity contribution in [1.82, 2.24) is 4.90 Å². The first-order valence-corrected chi connectivity index (χ1v) is 10.6. The number of rotatable bonds is 3. The molecule has 0 aromatic heterocycles. The van der Waals surface area contributed by atoms with Crippen LogP contribution in [0, 0.1) is 11.3 Å². The van der Waals surface area contributed by atoms with E-state index in [0.29, 0.717) is 6.04 Å². The van der Waals surface area contributed by atoms with Crippen LogP contribution >= 0.6 is 0 Å². The number of fused-ring (bicyclic) bond motifs is 2. The number of benzene rings is 1. The summed E-state index contributed by atoms with van der Waals surface area (Å²) in [6.45, 7) is 2.80. The maximum atomic E-state index is 12.8. The van der Waals surface area contributed by atoms with E-state index in [1.807, 2.05) is 0 Å². The van der Waals surface area contributed by atoms with Crippen LogP contribution in [0.25, 0.3) is 0 Å². The predicted octanol–water partition coefficient (Wildman–Crippen LogP) is 2.73. The van der Waals surface area contributed by atoms with Crippen molar-refractivity contribution < 1.29 is 19.0 Å². The Morgan fingerprint density at radius 1 is 1.25 bits per heavy atom. The smallest absolute Gasteiger partial charge is 0.165 e. The van der Waals surface area contributed by atoms with E-state index in [4.69, 9.17) is 14.2 Å². The first-order chi connectivity index (χ1) is 13.4. The molecule has 4 fully saturated rings. The van der Waals surface area contributed by atoms with Gasteiger partial charge in [-0.1, -0.05) is 6.07 Å². The van der Waals surface area contributed by atoms with Crippen molar-refractivity contribution in [2.45, 2.75) is 62.2 Å². The number of hydrogen-bond acceptors (Lipinski definition) is 5. The van der Waals surface area contributed by atoms with Crippen molar-refractivity contribution in [3.63, 3.8) is 0 Å². The Labute approximate surface area is 166 Å². The van der Waals surface area contributed by atoms with Gasteiger partial charge >= 0.3 is 0 Å². The molecule has 5 nitrogen and oxygen atoms in total. The third kappa shape index (κ3) is 1.53. The maximum absolute atomic E-state index is 12.8. The zero-order valence-electron chi connectivity index (χ0n) is 17.2. The van der Waals surface area contributed by atoms with E-state index >= 15 is 0 Å². The van der Waals surface area contributed by atoms with E-state index < -0.39 is 5.60 Å². The molecule has 28 heavy (non-hydrogen) atoms. The fourth-order valence-electron chi connectivity index (χ4n) is 8.30.